The van der Waals surface area contributed by atoms with Gasteiger partial charge in [0.25, 0.3) is 0 Å². The fourth-order valence-electron chi connectivity index (χ4n) is 2.63. The third kappa shape index (κ3) is 4.99. The summed E-state index contributed by atoms with van der Waals surface area (Å²) in [5.74, 6) is 0.164. The van der Waals surface area contributed by atoms with Crippen molar-refractivity contribution in [3.8, 4) is 0 Å². The number of halogens is 1. The van der Waals surface area contributed by atoms with Crippen LogP contribution >= 0.6 is 12.4 Å². The molecule has 1 aromatic rings. The second-order valence-corrected chi connectivity index (χ2v) is 6.22. The Morgan fingerprint density at radius 1 is 1.33 bits per heavy atom. The largest absolute Gasteiger partial charge is 0.391 e. The molecule has 1 aliphatic rings. The van der Waals surface area contributed by atoms with Crippen LogP contribution in [-0.4, -0.2) is 36.8 Å². The minimum Gasteiger partial charge on any atom is -0.391 e. The summed E-state index contributed by atoms with van der Waals surface area (Å²) in [4.78, 5) is 12.1. The van der Waals surface area contributed by atoms with Crippen LogP contribution in [-0.2, 0) is 10.2 Å². The van der Waals surface area contributed by atoms with Crippen molar-refractivity contribution in [1.82, 2.24) is 10.6 Å². The van der Waals surface area contributed by atoms with Crippen molar-refractivity contribution < 1.29 is 9.90 Å². The molecule has 1 saturated heterocycles. The molecule has 3 N–H and O–H groups in total. The fourth-order valence-corrected chi connectivity index (χ4v) is 2.63. The van der Waals surface area contributed by atoms with Crippen molar-refractivity contribution in [2.24, 2.45) is 5.92 Å². The molecule has 0 bridgehead atoms. The van der Waals surface area contributed by atoms with Gasteiger partial charge in [-0.3, -0.25) is 4.79 Å². The highest BCUT2D eigenvalue weighted by Gasteiger charge is 2.27. The van der Waals surface area contributed by atoms with Gasteiger partial charge in [-0.05, 0) is 11.0 Å². The van der Waals surface area contributed by atoms with E-state index in [0.717, 1.165) is 12.1 Å². The molecule has 2 rings (SSSR count). The number of hydrogen-bond acceptors (Lipinski definition) is 3. The van der Waals surface area contributed by atoms with Crippen molar-refractivity contribution in [2.45, 2.75) is 31.8 Å². The number of amides is 1. The van der Waals surface area contributed by atoms with E-state index in [-0.39, 0.29) is 35.8 Å². The second kappa shape index (κ2) is 7.78. The van der Waals surface area contributed by atoms with Gasteiger partial charge in [0.1, 0.15) is 0 Å². The summed E-state index contributed by atoms with van der Waals surface area (Å²) in [6.07, 6.45) is 0.102. The first-order valence-corrected chi connectivity index (χ1v) is 7.20. The molecule has 118 valence electrons. The van der Waals surface area contributed by atoms with Crippen molar-refractivity contribution in [2.75, 3.05) is 19.6 Å². The lowest BCUT2D eigenvalue weighted by Crippen LogP contribution is -2.37. The quantitative estimate of drug-likeness (QED) is 0.771. The minimum absolute atomic E-state index is 0. The number of nitrogens with one attached hydrogen (secondary N) is 2. The molecular formula is C16H25ClN2O2. The maximum Gasteiger partial charge on any atom is 0.220 e. The molecule has 0 aromatic heterocycles. The fraction of sp³-hybridized carbons (Fsp3) is 0.562. The summed E-state index contributed by atoms with van der Waals surface area (Å²) in [6, 6.07) is 10.1. The predicted octanol–water partition coefficient (Wildman–Crippen LogP) is 1.47. The van der Waals surface area contributed by atoms with Crippen LogP contribution < -0.4 is 10.6 Å². The Kier molecular flexibility index (Phi) is 6.65. The number of rotatable bonds is 5. The van der Waals surface area contributed by atoms with E-state index in [2.05, 4.69) is 36.6 Å². The summed E-state index contributed by atoms with van der Waals surface area (Å²) < 4.78 is 0. The maximum atomic E-state index is 12.1. The molecule has 1 aromatic carbocycles. The Labute approximate surface area is 132 Å². The van der Waals surface area contributed by atoms with Crippen LogP contribution in [0.5, 0.6) is 0 Å². The number of carbonyl (C=O) groups excluding carboxylic acids is 1. The van der Waals surface area contributed by atoms with E-state index < -0.39 is 0 Å². The van der Waals surface area contributed by atoms with E-state index in [1.165, 1.54) is 0 Å². The zero-order valence-corrected chi connectivity index (χ0v) is 13.5. The molecule has 1 fully saturated rings. The summed E-state index contributed by atoms with van der Waals surface area (Å²) >= 11 is 0. The monoisotopic (exact) mass is 312 g/mol. The van der Waals surface area contributed by atoms with Gasteiger partial charge < -0.3 is 15.7 Å². The number of β-amino-alcohol motifs (C(OH)–C–C–N with tert-alkyl or cyclic N) is 1. The summed E-state index contributed by atoms with van der Waals surface area (Å²) in [6.45, 7) is 6.08. The normalized spacial score (nSPS) is 21.7. The lowest BCUT2D eigenvalue weighted by atomic mass is 9.81. The molecule has 21 heavy (non-hydrogen) atoms. The highest BCUT2D eigenvalue weighted by atomic mass is 35.5. The molecule has 0 radical (unpaired) electrons. The average Bonchev–Trinajstić information content (AvgIpc) is 2.82. The molecule has 2 unspecified atom stereocenters. The molecule has 2 atom stereocenters. The lowest BCUT2D eigenvalue weighted by Gasteiger charge is -2.25. The van der Waals surface area contributed by atoms with Gasteiger partial charge in [-0.15, -0.1) is 12.4 Å². The highest BCUT2D eigenvalue weighted by Crippen LogP contribution is 2.26. The van der Waals surface area contributed by atoms with Gasteiger partial charge in [0.05, 0.1) is 6.10 Å². The summed E-state index contributed by atoms with van der Waals surface area (Å²) in [5, 5.41) is 15.8. The van der Waals surface area contributed by atoms with E-state index in [4.69, 9.17) is 0 Å². The summed E-state index contributed by atoms with van der Waals surface area (Å²) in [7, 11) is 0. The zero-order chi connectivity index (χ0) is 14.6. The van der Waals surface area contributed by atoms with Gasteiger partial charge in [0.2, 0.25) is 5.91 Å². The van der Waals surface area contributed by atoms with Crippen molar-refractivity contribution in [3.05, 3.63) is 35.9 Å². The topological polar surface area (TPSA) is 61.4 Å². The van der Waals surface area contributed by atoms with Crippen LogP contribution in [0.3, 0.4) is 0 Å². The Morgan fingerprint density at radius 2 is 2.00 bits per heavy atom. The lowest BCUT2D eigenvalue weighted by molar-refractivity contribution is -0.122. The van der Waals surface area contributed by atoms with Crippen LogP contribution in [0.15, 0.2) is 30.3 Å². The van der Waals surface area contributed by atoms with Crippen LogP contribution in [0.4, 0.5) is 0 Å². The SMILES string of the molecule is CC(C)(CC(=O)NCC1CNCC1O)c1ccccc1.Cl. The third-order valence-electron chi connectivity index (χ3n) is 4.02. The standard InChI is InChI=1S/C16H24N2O2.ClH/c1-16(2,13-6-4-3-5-7-13)8-15(20)18-10-12-9-17-11-14(12)19;/h3-7,12,14,17,19H,8-11H2,1-2H3,(H,18,20);1H. The van der Waals surface area contributed by atoms with E-state index in [1.807, 2.05) is 18.2 Å². The number of aliphatic hydroxyl groups excluding tert-OH is 1. The smallest absolute Gasteiger partial charge is 0.220 e. The van der Waals surface area contributed by atoms with Gasteiger partial charge >= 0.3 is 0 Å². The summed E-state index contributed by atoms with van der Waals surface area (Å²) in [5.41, 5.74) is 0.982. The molecule has 0 spiro atoms. The van der Waals surface area contributed by atoms with Crippen LogP contribution in [0.2, 0.25) is 0 Å². The zero-order valence-electron chi connectivity index (χ0n) is 12.6. The minimum atomic E-state index is -0.350. The van der Waals surface area contributed by atoms with Crippen LogP contribution in [0.1, 0.15) is 25.8 Å². The third-order valence-corrected chi connectivity index (χ3v) is 4.02. The molecule has 0 saturated carbocycles. The van der Waals surface area contributed by atoms with E-state index in [1.54, 1.807) is 0 Å². The molecule has 4 nitrogen and oxygen atoms in total. The second-order valence-electron chi connectivity index (χ2n) is 6.22. The molecule has 1 aliphatic heterocycles. The Balaban J connectivity index is 0.00000220. The first kappa shape index (κ1) is 18.0. The van der Waals surface area contributed by atoms with E-state index in [9.17, 15) is 9.90 Å². The van der Waals surface area contributed by atoms with Crippen molar-refractivity contribution in [3.63, 3.8) is 0 Å². The van der Waals surface area contributed by atoms with Gasteiger partial charge in [-0.2, -0.15) is 0 Å². The van der Waals surface area contributed by atoms with Gasteiger partial charge in [-0.25, -0.2) is 0 Å². The maximum absolute atomic E-state index is 12.1. The molecular weight excluding hydrogens is 288 g/mol. The van der Waals surface area contributed by atoms with Gasteiger partial charge in [0.15, 0.2) is 0 Å². The van der Waals surface area contributed by atoms with Gasteiger partial charge in [-0.1, -0.05) is 44.2 Å². The van der Waals surface area contributed by atoms with Crippen LogP contribution in [0, 0.1) is 5.92 Å². The number of hydrogen-bond donors (Lipinski definition) is 3. The predicted molar refractivity (Wildman–Crippen MR) is 86.7 cm³/mol. The highest BCUT2D eigenvalue weighted by molar-refractivity contribution is 5.85. The van der Waals surface area contributed by atoms with Gasteiger partial charge in [0, 0.05) is 32.0 Å². The van der Waals surface area contributed by atoms with Crippen LogP contribution in [0.25, 0.3) is 0 Å². The molecule has 0 aliphatic carbocycles. The first-order chi connectivity index (χ1) is 9.49. The molecule has 1 heterocycles. The van der Waals surface area contributed by atoms with E-state index in [0.29, 0.717) is 19.5 Å². The molecule has 1 amide bonds. The first-order valence-electron chi connectivity index (χ1n) is 7.20. The molecule has 5 heteroatoms. The van der Waals surface area contributed by atoms with E-state index >= 15 is 0 Å². The Hall–Kier alpha value is -1.10. The average molecular weight is 313 g/mol. The van der Waals surface area contributed by atoms with Crippen molar-refractivity contribution >= 4 is 18.3 Å². The Morgan fingerprint density at radius 3 is 2.57 bits per heavy atom. The van der Waals surface area contributed by atoms with Crippen molar-refractivity contribution in [1.29, 1.82) is 0 Å². The number of aliphatic hydroxyl groups is 1. The number of benzene rings is 1. The number of carbonyl (C=O) groups is 1. The Bertz CT molecular complexity index is 451.